The van der Waals surface area contributed by atoms with Gasteiger partial charge in [0, 0.05) is 18.0 Å². The van der Waals surface area contributed by atoms with Gasteiger partial charge in [-0.3, -0.25) is 4.79 Å². The first-order valence-electron chi connectivity index (χ1n) is 4.78. The van der Waals surface area contributed by atoms with Gasteiger partial charge in [0.05, 0.1) is 4.47 Å². The molecule has 82 valence electrons. The third-order valence-corrected chi connectivity index (χ3v) is 2.82. The molecule has 0 saturated carbocycles. The maximum absolute atomic E-state index is 12.9. The van der Waals surface area contributed by atoms with Crippen LogP contribution in [-0.2, 0) is 0 Å². The van der Waals surface area contributed by atoms with Gasteiger partial charge in [-0.05, 0) is 40.5 Å². The second-order valence-corrected chi connectivity index (χ2v) is 4.28. The number of carbonyl (C=O) groups is 1. The van der Waals surface area contributed by atoms with Crippen molar-refractivity contribution < 1.29 is 9.18 Å². The quantitative estimate of drug-likeness (QED) is 0.858. The minimum Gasteiger partial charge on any atom is -0.327 e. The first-order valence-corrected chi connectivity index (χ1v) is 5.57. The average molecular weight is 274 g/mol. The van der Waals surface area contributed by atoms with Crippen LogP contribution in [0.2, 0.25) is 0 Å². The second kappa shape index (κ2) is 5.37. The van der Waals surface area contributed by atoms with Crippen molar-refractivity contribution in [3.8, 4) is 0 Å². The highest BCUT2D eigenvalue weighted by atomic mass is 79.9. The molecule has 0 fully saturated rings. The molecule has 0 heterocycles. The molecule has 2 N–H and O–H groups in total. The van der Waals surface area contributed by atoms with E-state index < -0.39 is 0 Å². The fraction of sp³-hybridized carbons (Fsp3) is 0.364. The van der Waals surface area contributed by atoms with E-state index in [0.29, 0.717) is 16.5 Å². The summed E-state index contributed by atoms with van der Waals surface area (Å²) in [6, 6.07) is 4.11. The SMILES string of the molecule is CCC(N)CC(=O)c1ccc(F)c(Br)c1. The van der Waals surface area contributed by atoms with Crippen LogP contribution in [0.15, 0.2) is 22.7 Å². The van der Waals surface area contributed by atoms with E-state index in [1.54, 1.807) is 0 Å². The number of hydrogen-bond acceptors (Lipinski definition) is 2. The zero-order valence-corrected chi connectivity index (χ0v) is 10.1. The van der Waals surface area contributed by atoms with Crippen molar-refractivity contribution in [3.63, 3.8) is 0 Å². The van der Waals surface area contributed by atoms with Crippen LogP contribution < -0.4 is 5.73 Å². The number of carbonyl (C=O) groups excluding carboxylic acids is 1. The predicted octanol–water partition coefficient (Wildman–Crippen LogP) is 2.90. The molecule has 1 aromatic rings. The lowest BCUT2D eigenvalue weighted by Gasteiger charge is -2.07. The summed E-state index contributed by atoms with van der Waals surface area (Å²) in [6.07, 6.45) is 1.06. The number of rotatable bonds is 4. The molecule has 0 saturated heterocycles. The Morgan fingerprint density at radius 2 is 2.27 bits per heavy atom. The van der Waals surface area contributed by atoms with Gasteiger partial charge in [0.2, 0.25) is 0 Å². The fourth-order valence-corrected chi connectivity index (χ4v) is 1.55. The van der Waals surface area contributed by atoms with Gasteiger partial charge in [0.25, 0.3) is 0 Å². The van der Waals surface area contributed by atoms with Crippen LogP contribution in [0.5, 0.6) is 0 Å². The van der Waals surface area contributed by atoms with Crippen molar-refractivity contribution in [1.29, 1.82) is 0 Å². The van der Waals surface area contributed by atoms with E-state index in [2.05, 4.69) is 15.9 Å². The van der Waals surface area contributed by atoms with E-state index in [-0.39, 0.29) is 17.6 Å². The van der Waals surface area contributed by atoms with E-state index in [1.165, 1.54) is 18.2 Å². The van der Waals surface area contributed by atoms with Gasteiger partial charge in [-0.1, -0.05) is 6.92 Å². The van der Waals surface area contributed by atoms with E-state index in [1.807, 2.05) is 6.92 Å². The third-order valence-electron chi connectivity index (χ3n) is 2.21. The Kier molecular flexibility index (Phi) is 4.42. The Morgan fingerprint density at radius 3 is 2.80 bits per heavy atom. The number of ketones is 1. The van der Waals surface area contributed by atoms with Crippen molar-refractivity contribution in [1.82, 2.24) is 0 Å². The largest absolute Gasteiger partial charge is 0.327 e. The van der Waals surface area contributed by atoms with Gasteiger partial charge in [-0.25, -0.2) is 4.39 Å². The highest BCUT2D eigenvalue weighted by Crippen LogP contribution is 2.18. The molecule has 1 unspecified atom stereocenters. The average Bonchev–Trinajstić information content (AvgIpc) is 2.21. The first-order chi connectivity index (χ1) is 7.04. The first kappa shape index (κ1) is 12.3. The monoisotopic (exact) mass is 273 g/mol. The summed E-state index contributed by atoms with van der Waals surface area (Å²) >= 11 is 3.04. The van der Waals surface area contributed by atoms with Gasteiger partial charge in [0.15, 0.2) is 5.78 Å². The van der Waals surface area contributed by atoms with Crippen LogP contribution in [0.4, 0.5) is 4.39 Å². The van der Waals surface area contributed by atoms with Crippen LogP contribution in [-0.4, -0.2) is 11.8 Å². The van der Waals surface area contributed by atoms with E-state index in [4.69, 9.17) is 5.73 Å². The number of nitrogens with two attached hydrogens (primary N) is 1. The molecule has 0 bridgehead atoms. The van der Waals surface area contributed by atoms with Crippen molar-refractivity contribution in [2.75, 3.05) is 0 Å². The summed E-state index contributed by atoms with van der Waals surface area (Å²) in [4.78, 5) is 11.7. The van der Waals surface area contributed by atoms with Gasteiger partial charge in [-0.15, -0.1) is 0 Å². The Hall–Kier alpha value is -0.740. The standard InChI is InChI=1S/C11H13BrFNO/c1-2-8(14)6-11(15)7-3-4-10(13)9(12)5-7/h3-5,8H,2,6,14H2,1H3. The molecule has 0 aliphatic rings. The molecule has 0 radical (unpaired) electrons. The van der Waals surface area contributed by atoms with Crippen molar-refractivity contribution in [2.45, 2.75) is 25.8 Å². The maximum atomic E-state index is 12.9. The minimum absolute atomic E-state index is 0.0509. The van der Waals surface area contributed by atoms with Crippen molar-refractivity contribution in [2.24, 2.45) is 5.73 Å². The predicted molar refractivity (Wildman–Crippen MR) is 61.3 cm³/mol. The number of benzene rings is 1. The van der Waals surface area contributed by atoms with Crippen LogP contribution in [0.1, 0.15) is 30.1 Å². The molecule has 0 amide bonds. The molecule has 1 aromatic carbocycles. The number of hydrogen-bond donors (Lipinski definition) is 1. The summed E-state index contributed by atoms with van der Waals surface area (Å²) < 4.78 is 13.2. The number of halogens is 2. The minimum atomic E-state index is -0.369. The normalized spacial score (nSPS) is 12.5. The Bertz CT molecular complexity index is 368. The lowest BCUT2D eigenvalue weighted by atomic mass is 10.0. The summed E-state index contributed by atoms with van der Waals surface area (Å²) in [7, 11) is 0. The second-order valence-electron chi connectivity index (χ2n) is 3.42. The molecule has 0 aliphatic carbocycles. The summed E-state index contributed by atoms with van der Waals surface area (Å²) in [5.74, 6) is -0.420. The van der Waals surface area contributed by atoms with Crippen LogP contribution >= 0.6 is 15.9 Å². The summed E-state index contributed by atoms with van der Waals surface area (Å²) in [5.41, 5.74) is 6.17. The molecule has 1 rings (SSSR count). The summed E-state index contributed by atoms with van der Waals surface area (Å²) in [5, 5.41) is 0. The molecular formula is C11H13BrFNO. The summed E-state index contributed by atoms with van der Waals surface area (Å²) in [6.45, 7) is 1.93. The lowest BCUT2D eigenvalue weighted by molar-refractivity contribution is 0.0974. The van der Waals surface area contributed by atoms with Gasteiger partial charge in [0.1, 0.15) is 5.82 Å². The molecule has 4 heteroatoms. The zero-order valence-electron chi connectivity index (χ0n) is 8.47. The maximum Gasteiger partial charge on any atom is 0.164 e. The Balaban J connectivity index is 2.78. The molecule has 0 spiro atoms. The Morgan fingerprint density at radius 1 is 1.60 bits per heavy atom. The van der Waals surface area contributed by atoms with E-state index >= 15 is 0 Å². The zero-order chi connectivity index (χ0) is 11.4. The van der Waals surface area contributed by atoms with E-state index in [0.717, 1.165) is 6.42 Å². The van der Waals surface area contributed by atoms with Gasteiger partial charge >= 0.3 is 0 Å². The van der Waals surface area contributed by atoms with Gasteiger partial charge in [-0.2, -0.15) is 0 Å². The highest BCUT2D eigenvalue weighted by molar-refractivity contribution is 9.10. The van der Waals surface area contributed by atoms with Crippen molar-refractivity contribution in [3.05, 3.63) is 34.1 Å². The Labute approximate surface area is 96.8 Å². The van der Waals surface area contributed by atoms with Crippen LogP contribution in [0.3, 0.4) is 0 Å². The molecule has 0 aliphatic heterocycles. The molecular weight excluding hydrogens is 261 g/mol. The third kappa shape index (κ3) is 3.39. The molecule has 15 heavy (non-hydrogen) atoms. The number of Topliss-reactive ketones (excluding diaryl/α,β-unsaturated/α-hetero) is 1. The smallest absolute Gasteiger partial charge is 0.164 e. The fourth-order valence-electron chi connectivity index (χ4n) is 1.17. The molecule has 2 nitrogen and oxygen atoms in total. The van der Waals surface area contributed by atoms with E-state index in [9.17, 15) is 9.18 Å². The topological polar surface area (TPSA) is 43.1 Å². The van der Waals surface area contributed by atoms with Crippen molar-refractivity contribution >= 4 is 21.7 Å². The van der Waals surface area contributed by atoms with Gasteiger partial charge < -0.3 is 5.73 Å². The van der Waals surface area contributed by atoms with Crippen LogP contribution in [0.25, 0.3) is 0 Å². The molecule has 0 aromatic heterocycles. The highest BCUT2D eigenvalue weighted by Gasteiger charge is 2.11. The lowest BCUT2D eigenvalue weighted by Crippen LogP contribution is -2.22. The van der Waals surface area contributed by atoms with Crippen LogP contribution in [0, 0.1) is 5.82 Å². The molecule has 1 atom stereocenters.